The van der Waals surface area contributed by atoms with E-state index in [-0.39, 0.29) is 6.61 Å². The molecule has 0 bridgehead atoms. The number of aliphatic hydroxyl groups excluding tert-OH is 1. The van der Waals surface area contributed by atoms with Crippen LogP contribution in [0.2, 0.25) is 0 Å². The summed E-state index contributed by atoms with van der Waals surface area (Å²) >= 11 is 0. The predicted octanol–water partition coefficient (Wildman–Crippen LogP) is 3.92. The van der Waals surface area contributed by atoms with Crippen LogP contribution >= 0.6 is 0 Å². The summed E-state index contributed by atoms with van der Waals surface area (Å²) in [6.07, 6.45) is 1.89. The smallest absolute Gasteiger partial charge is 0.209 e. The Labute approximate surface area is 143 Å². The van der Waals surface area contributed by atoms with Crippen molar-refractivity contribution in [1.82, 2.24) is 4.90 Å². The largest absolute Gasteiger partial charge is 0.392 e. The maximum atomic E-state index is 11.0. The number of hydrogen-bond donors (Lipinski definition) is 1. The highest BCUT2D eigenvalue weighted by Crippen LogP contribution is 2.34. The number of likely N-dealkylation sites (tertiary alicyclic amines) is 1. The molecule has 1 fully saturated rings. The molecule has 2 aromatic carbocycles. The van der Waals surface area contributed by atoms with Crippen LogP contribution in [-0.2, 0) is 11.4 Å². The molecule has 1 N–H and O–H groups in total. The summed E-state index contributed by atoms with van der Waals surface area (Å²) < 4.78 is 0. The Kier molecular flexibility index (Phi) is 5.00. The van der Waals surface area contributed by atoms with Crippen molar-refractivity contribution in [1.29, 1.82) is 0 Å². The van der Waals surface area contributed by atoms with Gasteiger partial charge in [0, 0.05) is 19.0 Å². The van der Waals surface area contributed by atoms with Crippen molar-refractivity contribution >= 4 is 6.41 Å². The lowest BCUT2D eigenvalue weighted by Gasteiger charge is -2.18. The molecule has 0 radical (unpaired) electrons. The lowest BCUT2D eigenvalue weighted by molar-refractivity contribution is -0.117. The van der Waals surface area contributed by atoms with Crippen LogP contribution < -0.4 is 0 Å². The van der Waals surface area contributed by atoms with Crippen LogP contribution in [0.5, 0.6) is 0 Å². The van der Waals surface area contributed by atoms with Crippen LogP contribution in [0, 0.1) is 0 Å². The standard InChI is InChI=1S/C21H25NO2/c1-15(2)19-5-3-4-6-21(19)16-7-8-20(18(11-16)13-23)17-9-10-22(12-17)14-24/h3-8,11,14-15,17,23H,9-10,12-13H2,1-2H3/t17-/m1/s1. The Bertz CT molecular complexity index is 724. The fraction of sp³-hybridized carbons (Fsp3) is 0.381. The lowest BCUT2D eigenvalue weighted by atomic mass is 9.88. The van der Waals surface area contributed by atoms with Gasteiger partial charge in [-0.15, -0.1) is 0 Å². The molecule has 1 saturated heterocycles. The highest BCUT2D eigenvalue weighted by Gasteiger charge is 2.24. The van der Waals surface area contributed by atoms with Crippen LogP contribution in [0.3, 0.4) is 0 Å². The van der Waals surface area contributed by atoms with E-state index in [1.54, 1.807) is 0 Å². The van der Waals surface area contributed by atoms with Crippen molar-refractivity contribution in [3.05, 3.63) is 59.2 Å². The summed E-state index contributed by atoms with van der Waals surface area (Å²) in [4.78, 5) is 12.8. The Morgan fingerprint density at radius 1 is 1.25 bits per heavy atom. The summed E-state index contributed by atoms with van der Waals surface area (Å²) in [6, 6.07) is 14.9. The third-order valence-corrected chi connectivity index (χ3v) is 5.02. The highest BCUT2D eigenvalue weighted by atomic mass is 16.3. The second-order valence-corrected chi connectivity index (χ2v) is 6.90. The average Bonchev–Trinajstić information content (AvgIpc) is 3.10. The normalized spacial score (nSPS) is 17.5. The first-order valence-corrected chi connectivity index (χ1v) is 8.66. The summed E-state index contributed by atoms with van der Waals surface area (Å²) in [7, 11) is 0. The van der Waals surface area contributed by atoms with Crippen molar-refractivity contribution in [2.75, 3.05) is 13.1 Å². The fourth-order valence-electron chi connectivity index (χ4n) is 3.71. The Morgan fingerprint density at radius 3 is 2.71 bits per heavy atom. The van der Waals surface area contributed by atoms with E-state index < -0.39 is 0 Å². The number of aliphatic hydroxyl groups is 1. The first kappa shape index (κ1) is 16.7. The molecule has 0 saturated carbocycles. The van der Waals surface area contributed by atoms with Crippen LogP contribution in [0.1, 0.15) is 48.8 Å². The molecule has 24 heavy (non-hydrogen) atoms. The predicted molar refractivity (Wildman–Crippen MR) is 96.9 cm³/mol. The maximum absolute atomic E-state index is 11.0. The first-order chi connectivity index (χ1) is 11.6. The van der Waals surface area contributed by atoms with E-state index in [4.69, 9.17) is 0 Å². The van der Waals surface area contributed by atoms with Crippen LogP contribution in [0.4, 0.5) is 0 Å². The quantitative estimate of drug-likeness (QED) is 0.847. The van der Waals surface area contributed by atoms with Gasteiger partial charge in [0.2, 0.25) is 6.41 Å². The molecular weight excluding hydrogens is 298 g/mol. The zero-order chi connectivity index (χ0) is 17.1. The van der Waals surface area contributed by atoms with Gasteiger partial charge in [0.05, 0.1) is 6.61 Å². The van der Waals surface area contributed by atoms with E-state index in [2.05, 4.69) is 56.3 Å². The van der Waals surface area contributed by atoms with E-state index in [1.807, 2.05) is 4.90 Å². The molecule has 1 aliphatic heterocycles. The summed E-state index contributed by atoms with van der Waals surface area (Å²) in [5.74, 6) is 0.779. The third kappa shape index (κ3) is 3.22. The monoisotopic (exact) mass is 323 g/mol. The average molecular weight is 323 g/mol. The molecule has 0 aliphatic carbocycles. The molecule has 3 nitrogen and oxygen atoms in total. The molecule has 2 aromatic rings. The van der Waals surface area contributed by atoms with Gasteiger partial charge >= 0.3 is 0 Å². The maximum Gasteiger partial charge on any atom is 0.209 e. The van der Waals surface area contributed by atoms with E-state index in [0.29, 0.717) is 11.8 Å². The number of hydrogen-bond acceptors (Lipinski definition) is 2. The van der Waals surface area contributed by atoms with Crippen molar-refractivity contribution in [2.24, 2.45) is 0 Å². The third-order valence-electron chi connectivity index (χ3n) is 5.02. The fourth-order valence-corrected chi connectivity index (χ4v) is 3.71. The van der Waals surface area contributed by atoms with Crippen LogP contribution in [-0.4, -0.2) is 29.5 Å². The van der Waals surface area contributed by atoms with Gasteiger partial charge in [-0.25, -0.2) is 0 Å². The molecule has 1 atom stereocenters. The minimum Gasteiger partial charge on any atom is -0.392 e. The van der Waals surface area contributed by atoms with Gasteiger partial charge < -0.3 is 10.0 Å². The van der Waals surface area contributed by atoms with Gasteiger partial charge in [0.1, 0.15) is 0 Å². The van der Waals surface area contributed by atoms with Crippen molar-refractivity contribution < 1.29 is 9.90 Å². The zero-order valence-corrected chi connectivity index (χ0v) is 14.4. The molecule has 126 valence electrons. The SMILES string of the molecule is CC(C)c1ccccc1-c1ccc([C@@H]2CCN(C=O)C2)c(CO)c1. The summed E-state index contributed by atoms with van der Waals surface area (Å²) in [5, 5.41) is 9.87. The Hall–Kier alpha value is -2.13. The Balaban J connectivity index is 1.97. The molecular formula is C21H25NO2. The Morgan fingerprint density at radius 2 is 2.04 bits per heavy atom. The molecule has 0 spiro atoms. The molecule has 3 heteroatoms. The second-order valence-electron chi connectivity index (χ2n) is 6.90. The second kappa shape index (κ2) is 7.18. The van der Waals surface area contributed by atoms with Gasteiger partial charge in [0.25, 0.3) is 0 Å². The van der Waals surface area contributed by atoms with Crippen LogP contribution in [0.15, 0.2) is 42.5 Å². The number of carbonyl (C=O) groups is 1. The number of amides is 1. The van der Waals surface area contributed by atoms with Crippen molar-refractivity contribution in [3.63, 3.8) is 0 Å². The van der Waals surface area contributed by atoms with Gasteiger partial charge in [-0.05, 0) is 46.2 Å². The van der Waals surface area contributed by atoms with Gasteiger partial charge in [-0.2, -0.15) is 0 Å². The minimum absolute atomic E-state index is 0.0323. The van der Waals surface area contributed by atoms with E-state index in [0.717, 1.165) is 37.0 Å². The lowest BCUT2D eigenvalue weighted by Crippen LogP contribution is -2.17. The highest BCUT2D eigenvalue weighted by molar-refractivity contribution is 5.69. The van der Waals surface area contributed by atoms with Gasteiger partial charge in [-0.3, -0.25) is 4.79 Å². The van der Waals surface area contributed by atoms with Crippen molar-refractivity contribution in [2.45, 2.75) is 38.7 Å². The molecule has 1 amide bonds. The first-order valence-electron chi connectivity index (χ1n) is 8.66. The molecule has 3 rings (SSSR count). The van der Waals surface area contributed by atoms with E-state index >= 15 is 0 Å². The van der Waals surface area contributed by atoms with Crippen LogP contribution in [0.25, 0.3) is 11.1 Å². The number of carbonyl (C=O) groups excluding carboxylic acids is 1. The molecule has 0 aromatic heterocycles. The molecule has 0 unspecified atom stereocenters. The molecule has 1 heterocycles. The van der Waals surface area contributed by atoms with E-state index in [9.17, 15) is 9.90 Å². The molecule has 1 aliphatic rings. The topological polar surface area (TPSA) is 40.5 Å². The number of nitrogens with zero attached hydrogens (tertiary/aromatic N) is 1. The summed E-state index contributed by atoms with van der Waals surface area (Å²) in [6.45, 7) is 5.99. The van der Waals surface area contributed by atoms with Gasteiger partial charge in [0.15, 0.2) is 0 Å². The van der Waals surface area contributed by atoms with Crippen molar-refractivity contribution in [3.8, 4) is 11.1 Å². The number of benzene rings is 2. The van der Waals surface area contributed by atoms with Gasteiger partial charge in [-0.1, -0.05) is 50.2 Å². The summed E-state index contributed by atoms with van der Waals surface area (Å²) in [5.41, 5.74) is 5.85. The van der Waals surface area contributed by atoms with E-state index in [1.165, 1.54) is 16.7 Å². The minimum atomic E-state index is 0.0323. The zero-order valence-electron chi connectivity index (χ0n) is 14.4. The number of rotatable bonds is 5.